The third-order valence-corrected chi connectivity index (χ3v) is 4.92. The quantitative estimate of drug-likeness (QED) is 0.804. The van der Waals surface area contributed by atoms with Gasteiger partial charge in [0.2, 0.25) is 5.91 Å². The van der Waals surface area contributed by atoms with Gasteiger partial charge in [-0.3, -0.25) is 4.79 Å². The van der Waals surface area contributed by atoms with Crippen LogP contribution in [0.1, 0.15) is 57.1 Å². The molecule has 2 rings (SSSR count). The number of nitrogens with zero attached hydrogens (tertiary/aromatic N) is 1. The van der Waals surface area contributed by atoms with Crippen LogP contribution in [0.4, 0.5) is 0 Å². The number of rotatable bonds is 7. The second kappa shape index (κ2) is 10.7. The Morgan fingerprint density at radius 3 is 2.38 bits per heavy atom. The Bertz CT molecular complexity index is 479. The summed E-state index contributed by atoms with van der Waals surface area (Å²) in [6, 6.07) is 8.73. The number of carbonyl (C=O) groups excluding carboxylic acids is 1. The Kier molecular flexibility index (Phi) is 9.38. The number of piperidine rings is 1. The van der Waals surface area contributed by atoms with Gasteiger partial charge in [-0.05, 0) is 55.3 Å². The summed E-state index contributed by atoms with van der Waals surface area (Å²) in [5.41, 5.74) is 2.63. The van der Waals surface area contributed by atoms with E-state index in [1.54, 1.807) is 0 Å². The van der Waals surface area contributed by atoms with Gasteiger partial charge < -0.3 is 10.2 Å². The fourth-order valence-corrected chi connectivity index (χ4v) is 3.21. The molecule has 1 saturated heterocycles. The van der Waals surface area contributed by atoms with Crippen molar-refractivity contribution in [2.75, 3.05) is 26.2 Å². The van der Waals surface area contributed by atoms with Crippen LogP contribution in [0.15, 0.2) is 24.3 Å². The smallest absolute Gasteiger partial charge is 0.222 e. The van der Waals surface area contributed by atoms with E-state index in [2.05, 4.69) is 55.3 Å². The molecule has 0 spiro atoms. The van der Waals surface area contributed by atoms with E-state index < -0.39 is 0 Å². The summed E-state index contributed by atoms with van der Waals surface area (Å²) in [7, 11) is 0. The molecule has 3 nitrogen and oxygen atoms in total. The van der Waals surface area contributed by atoms with Crippen molar-refractivity contribution >= 4 is 18.3 Å². The van der Waals surface area contributed by atoms with E-state index in [9.17, 15) is 4.79 Å². The van der Waals surface area contributed by atoms with E-state index in [1.807, 2.05) is 0 Å². The summed E-state index contributed by atoms with van der Waals surface area (Å²) in [6.45, 7) is 10.6. The van der Waals surface area contributed by atoms with Crippen LogP contribution in [0.5, 0.6) is 0 Å². The second-order valence-electron chi connectivity index (χ2n) is 7.03. The molecule has 1 aromatic rings. The first kappa shape index (κ1) is 21.0. The molecule has 1 aromatic carbocycles. The lowest BCUT2D eigenvalue weighted by Crippen LogP contribution is -2.40. The number of aryl methyl sites for hydroxylation is 1. The summed E-state index contributed by atoms with van der Waals surface area (Å²) >= 11 is 0. The lowest BCUT2D eigenvalue weighted by Gasteiger charge is -2.32. The van der Waals surface area contributed by atoms with E-state index in [-0.39, 0.29) is 12.4 Å². The predicted octanol–water partition coefficient (Wildman–Crippen LogP) is 4.01. The van der Waals surface area contributed by atoms with Gasteiger partial charge in [0, 0.05) is 19.5 Å². The van der Waals surface area contributed by atoms with Crippen LogP contribution in [0, 0.1) is 5.92 Å². The van der Waals surface area contributed by atoms with Crippen molar-refractivity contribution in [3.05, 3.63) is 35.4 Å². The third-order valence-electron chi connectivity index (χ3n) is 4.92. The summed E-state index contributed by atoms with van der Waals surface area (Å²) in [5, 5.41) is 3.42. The lowest BCUT2D eigenvalue weighted by molar-refractivity contribution is -0.132. The predicted molar refractivity (Wildman–Crippen MR) is 104 cm³/mol. The Labute approximate surface area is 153 Å². The Morgan fingerprint density at radius 2 is 1.83 bits per heavy atom. The number of carbonyl (C=O) groups is 1. The highest BCUT2D eigenvalue weighted by atomic mass is 35.5. The number of likely N-dealkylation sites (tertiary alicyclic amines) is 1. The molecule has 4 heteroatoms. The van der Waals surface area contributed by atoms with Crippen molar-refractivity contribution in [1.82, 2.24) is 10.2 Å². The molecule has 0 saturated carbocycles. The molecule has 1 fully saturated rings. The Morgan fingerprint density at radius 1 is 1.21 bits per heavy atom. The lowest BCUT2D eigenvalue weighted by atomic mass is 9.96. The summed E-state index contributed by atoms with van der Waals surface area (Å²) in [4.78, 5) is 14.4. The molecule has 1 heterocycles. The molecule has 0 atom stereocenters. The average Bonchev–Trinajstić information content (AvgIpc) is 2.58. The molecule has 24 heavy (non-hydrogen) atoms. The standard InChI is InChI=1S/C20H32N2O.ClH/c1-4-21-15-18-11-13-22(14-12-18)20(23)10-7-17-5-8-19(9-6-17)16(2)3;/h5-6,8-9,16,18,21H,4,7,10-15H2,1-3H3;1H. The molecule has 0 unspecified atom stereocenters. The minimum Gasteiger partial charge on any atom is -0.343 e. The maximum Gasteiger partial charge on any atom is 0.222 e. The Hall–Kier alpha value is -1.06. The fraction of sp³-hybridized carbons (Fsp3) is 0.650. The van der Waals surface area contributed by atoms with Crippen molar-refractivity contribution < 1.29 is 4.79 Å². The Balaban J connectivity index is 0.00000288. The first-order valence-electron chi connectivity index (χ1n) is 9.17. The van der Waals surface area contributed by atoms with Crippen molar-refractivity contribution in [2.45, 2.75) is 52.4 Å². The van der Waals surface area contributed by atoms with Crippen molar-refractivity contribution in [3.8, 4) is 0 Å². The monoisotopic (exact) mass is 352 g/mol. The highest BCUT2D eigenvalue weighted by Crippen LogP contribution is 2.19. The van der Waals surface area contributed by atoms with Crippen LogP contribution < -0.4 is 5.32 Å². The van der Waals surface area contributed by atoms with Gasteiger partial charge in [0.05, 0.1) is 0 Å². The number of amides is 1. The molecule has 0 radical (unpaired) electrons. The summed E-state index contributed by atoms with van der Waals surface area (Å²) in [6.07, 6.45) is 3.77. The van der Waals surface area contributed by atoms with Gasteiger partial charge in [-0.25, -0.2) is 0 Å². The van der Waals surface area contributed by atoms with Crippen LogP contribution >= 0.6 is 12.4 Å². The third kappa shape index (κ3) is 6.45. The maximum atomic E-state index is 12.4. The molecule has 1 aliphatic heterocycles. The molecular formula is C20H33ClN2O. The largest absolute Gasteiger partial charge is 0.343 e. The minimum absolute atomic E-state index is 0. The highest BCUT2D eigenvalue weighted by Gasteiger charge is 2.22. The molecule has 136 valence electrons. The van der Waals surface area contributed by atoms with E-state index in [4.69, 9.17) is 0 Å². The maximum absolute atomic E-state index is 12.4. The van der Waals surface area contributed by atoms with Gasteiger partial charge in [-0.1, -0.05) is 45.0 Å². The van der Waals surface area contributed by atoms with Crippen LogP contribution in [0.2, 0.25) is 0 Å². The van der Waals surface area contributed by atoms with E-state index in [1.165, 1.54) is 11.1 Å². The van der Waals surface area contributed by atoms with Crippen molar-refractivity contribution in [2.24, 2.45) is 5.92 Å². The molecule has 0 bridgehead atoms. The fourth-order valence-electron chi connectivity index (χ4n) is 3.21. The second-order valence-corrected chi connectivity index (χ2v) is 7.03. The van der Waals surface area contributed by atoms with Crippen molar-refractivity contribution in [1.29, 1.82) is 0 Å². The van der Waals surface area contributed by atoms with Crippen LogP contribution in [-0.2, 0) is 11.2 Å². The normalized spacial score (nSPS) is 15.4. The first-order valence-corrected chi connectivity index (χ1v) is 9.17. The van der Waals surface area contributed by atoms with Gasteiger partial charge in [0.1, 0.15) is 0 Å². The summed E-state index contributed by atoms with van der Waals surface area (Å²) in [5.74, 6) is 1.62. The van der Waals surface area contributed by atoms with Crippen LogP contribution in [0.25, 0.3) is 0 Å². The number of hydrogen-bond acceptors (Lipinski definition) is 2. The molecular weight excluding hydrogens is 320 g/mol. The van der Waals surface area contributed by atoms with Gasteiger partial charge in [0.25, 0.3) is 0 Å². The zero-order valence-corrected chi connectivity index (χ0v) is 16.2. The average molecular weight is 353 g/mol. The van der Waals surface area contributed by atoms with Gasteiger partial charge in [-0.2, -0.15) is 0 Å². The number of nitrogens with one attached hydrogen (secondary N) is 1. The number of halogens is 1. The molecule has 1 amide bonds. The SMILES string of the molecule is CCNCC1CCN(C(=O)CCc2ccc(C(C)C)cc2)CC1.Cl. The zero-order chi connectivity index (χ0) is 16.7. The zero-order valence-electron chi connectivity index (χ0n) is 15.4. The highest BCUT2D eigenvalue weighted by molar-refractivity contribution is 5.85. The van der Waals surface area contributed by atoms with E-state index in [0.717, 1.165) is 51.4 Å². The van der Waals surface area contributed by atoms with Crippen LogP contribution in [0.3, 0.4) is 0 Å². The van der Waals surface area contributed by atoms with Crippen molar-refractivity contribution in [3.63, 3.8) is 0 Å². The van der Waals surface area contributed by atoms with Gasteiger partial charge in [0.15, 0.2) is 0 Å². The minimum atomic E-state index is 0. The molecule has 0 aromatic heterocycles. The van der Waals surface area contributed by atoms with Gasteiger partial charge in [-0.15, -0.1) is 12.4 Å². The number of hydrogen-bond donors (Lipinski definition) is 1. The van der Waals surface area contributed by atoms with Crippen LogP contribution in [-0.4, -0.2) is 37.0 Å². The van der Waals surface area contributed by atoms with E-state index >= 15 is 0 Å². The first-order chi connectivity index (χ1) is 11.1. The van der Waals surface area contributed by atoms with E-state index in [0.29, 0.717) is 18.2 Å². The number of benzene rings is 1. The summed E-state index contributed by atoms with van der Waals surface area (Å²) < 4.78 is 0. The topological polar surface area (TPSA) is 32.3 Å². The molecule has 0 aliphatic carbocycles. The molecule has 1 aliphatic rings. The van der Waals surface area contributed by atoms with Gasteiger partial charge >= 0.3 is 0 Å². The molecule has 1 N–H and O–H groups in total.